The summed E-state index contributed by atoms with van der Waals surface area (Å²) in [5.74, 6) is 1.18. The van der Waals surface area contributed by atoms with Crippen LogP contribution in [0.1, 0.15) is 26.5 Å². The van der Waals surface area contributed by atoms with Gasteiger partial charge in [0, 0.05) is 17.6 Å². The van der Waals surface area contributed by atoms with E-state index in [1.165, 1.54) is 17.4 Å². The molecular weight excluding hydrogens is 328 g/mol. The van der Waals surface area contributed by atoms with E-state index in [9.17, 15) is 9.59 Å². The van der Waals surface area contributed by atoms with Crippen LogP contribution in [0.5, 0.6) is 11.5 Å². The standard InChI is InChI=1S/C17H18N2O4S/c1-17(2,3)14(20)8-15-19-16(21)13(24-15)7-10-6-11-12(9-18-10)23-5-4-22-11/h6-9H,4-5H2,1-3H3,(H,19,21)/b13-7-,15-8+. The van der Waals surface area contributed by atoms with Gasteiger partial charge in [0.2, 0.25) is 0 Å². The van der Waals surface area contributed by atoms with Crippen LogP contribution in [0.2, 0.25) is 0 Å². The molecule has 3 heterocycles. The van der Waals surface area contributed by atoms with Crippen molar-refractivity contribution in [1.29, 1.82) is 0 Å². The summed E-state index contributed by atoms with van der Waals surface area (Å²) < 4.78 is 11.9. The number of nitrogens with zero attached hydrogens (tertiary/aromatic N) is 1. The van der Waals surface area contributed by atoms with Gasteiger partial charge in [-0.15, -0.1) is 11.3 Å². The van der Waals surface area contributed by atoms with Crippen LogP contribution < -0.4 is 24.2 Å². The Morgan fingerprint density at radius 2 is 2.00 bits per heavy atom. The number of ether oxygens (including phenoxy) is 2. The molecule has 1 aliphatic heterocycles. The van der Waals surface area contributed by atoms with Crippen LogP contribution in [0.4, 0.5) is 0 Å². The van der Waals surface area contributed by atoms with Gasteiger partial charge in [-0.1, -0.05) is 20.8 Å². The van der Waals surface area contributed by atoms with Gasteiger partial charge in [-0.2, -0.15) is 0 Å². The Labute approximate surface area is 142 Å². The van der Waals surface area contributed by atoms with E-state index in [0.29, 0.717) is 39.6 Å². The minimum absolute atomic E-state index is 0.0380. The summed E-state index contributed by atoms with van der Waals surface area (Å²) in [6, 6.07) is 1.73. The second kappa shape index (κ2) is 6.24. The number of aromatic nitrogens is 2. The average molecular weight is 346 g/mol. The number of thiazole rings is 1. The lowest BCUT2D eigenvalue weighted by molar-refractivity contribution is -0.119. The van der Waals surface area contributed by atoms with Gasteiger partial charge in [0.1, 0.15) is 13.2 Å². The molecule has 0 atom stereocenters. The highest BCUT2D eigenvalue weighted by molar-refractivity contribution is 7.07. The number of rotatable bonds is 2. The van der Waals surface area contributed by atoms with Crippen LogP contribution in [0, 0.1) is 5.41 Å². The number of hydrogen-bond donors (Lipinski definition) is 1. The van der Waals surface area contributed by atoms with Crippen molar-refractivity contribution >= 4 is 29.3 Å². The lowest BCUT2D eigenvalue weighted by Crippen LogP contribution is -2.22. The Balaban J connectivity index is 1.99. The van der Waals surface area contributed by atoms with Crippen molar-refractivity contribution < 1.29 is 14.3 Å². The smallest absolute Gasteiger partial charge is 0.266 e. The van der Waals surface area contributed by atoms with Crippen molar-refractivity contribution in [3.63, 3.8) is 0 Å². The first-order chi connectivity index (χ1) is 11.3. The van der Waals surface area contributed by atoms with Crippen LogP contribution in [0.15, 0.2) is 17.1 Å². The highest BCUT2D eigenvalue weighted by atomic mass is 32.1. The summed E-state index contributed by atoms with van der Waals surface area (Å²) in [5.41, 5.74) is -0.132. The van der Waals surface area contributed by atoms with E-state index in [1.54, 1.807) is 18.3 Å². The molecule has 0 bridgehead atoms. The molecule has 0 unspecified atom stereocenters. The molecule has 2 aromatic heterocycles. The number of Topliss-reactive ketones (excluding diaryl/α,β-unsaturated/α-hetero) is 1. The molecule has 2 aromatic rings. The molecule has 6 nitrogen and oxygen atoms in total. The first-order valence-electron chi connectivity index (χ1n) is 7.55. The molecule has 0 spiro atoms. The molecule has 126 valence electrons. The van der Waals surface area contributed by atoms with Gasteiger partial charge in [-0.3, -0.25) is 14.6 Å². The predicted molar refractivity (Wildman–Crippen MR) is 91.9 cm³/mol. The fourth-order valence-corrected chi connectivity index (χ4v) is 2.91. The van der Waals surface area contributed by atoms with Gasteiger partial charge in [-0.05, 0) is 6.08 Å². The summed E-state index contributed by atoms with van der Waals surface area (Å²) in [7, 11) is 0. The Morgan fingerprint density at radius 1 is 1.29 bits per heavy atom. The molecule has 0 radical (unpaired) electrons. The zero-order chi connectivity index (χ0) is 17.3. The first kappa shape index (κ1) is 16.4. The molecule has 7 heteroatoms. The number of aromatic amines is 1. The van der Waals surface area contributed by atoms with Crippen molar-refractivity contribution in [2.75, 3.05) is 13.2 Å². The molecule has 0 aliphatic carbocycles. The van der Waals surface area contributed by atoms with E-state index in [2.05, 4.69) is 9.97 Å². The van der Waals surface area contributed by atoms with E-state index >= 15 is 0 Å². The van der Waals surface area contributed by atoms with Crippen LogP contribution in [0.25, 0.3) is 12.2 Å². The fourth-order valence-electron chi connectivity index (χ4n) is 2.04. The van der Waals surface area contributed by atoms with Crippen molar-refractivity contribution in [2.45, 2.75) is 20.8 Å². The Bertz CT molecular complexity index is 950. The molecule has 24 heavy (non-hydrogen) atoms. The zero-order valence-electron chi connectivity index (χ0n) is 13.7. The highest BCUT2D eigenvalue weighted by Crippen LogP contribution is 2.29. The number of nitrogens with one attached hydrogen (secondary N) is 1. The Hall–Kier alpha value is -2.41. The van der Waals surface area contributed by atoms with Crippen molar-refractivity contribution in [3.8, 4) is 11.5 Å². The van der Waals surface area contributed by atoms with Crippen LogP contribution in [0.3, 0.4) is 0 Å². The molecule has 1 aliphatic rings. The summed E-state index contributed by atoms with van der Waals surface area (Å²) >= 11 is 1.22. The van der Waals surface area contributed by atoms with Gasteiger partial charge in [-0.25, -0.2) is 0 Å². The lowest BCUT2D eigenvalue weighted by Gasteiger charge is -2.17. The zero-order valence-corrected chi connectivity index (χ0v) is 14.5. The predicted octanol–water partition coefficient (Wildman–Crippen LogP) is 0.827. The molecule has 3 rings (SSSR count). The lowest BCUT2D eigenvalue weighted by atomic mass is 9.91. The maximum absolute atomic E-state index is 12.1. The molecular formula is C17H18N2O4S. The molecule has 0 saturated carbocycles. The quantitative estimate of drug-likeness (QED) is 0.871. The van der Waals surface area contributed by atoms with E-state index in [0.717, 1.165) is 0 Å². The third kappa shape index (κ3) is 3.56. The maximum atomic E-state index is 12.1. The summed E-state index contributed by atoms with van der Waals surface area (Å²) in [5, 5.41) is 0. The second-order valence-corrected chi connectivity index (χ2v) is 7.52. The largest absolute Gasteiger partial charge is 0.486 e. The summed E-state index contributed by atoms with van der Waals surface area (Å²) in [4.78, 5) is 31.1. The van der Waals surface area contributed by atoms with Gasteiger partial charge < -0.3 is 14.5 Å². The van der Waals surface area contributed by atoms with Gasteiger partial charge in [0.05, 0.1) is 21.1 Å². The van der Waals surface area contributed by atoms with Crippen molar-refractivity contribution in [3.05, 3.63) is 37.5 Å². The molecule has 0 amide bonds. The fraction of sp³-hybridized carbons (Fsp3) is 0.353. The summed E-state index contributed by atoms with van der Waals surface area (Å²) in [6.45, 7) is 6.50. The number of fused-ring (bicyclic) bond motifs is 1. The van der Waals surface area contributed by atoms with Crippen LogP contribution in [-0.2, 0) is 4.79 Å². The van der Waals surface area contributed by atoms with Gasteiger partial charge in [0.15, 0.2) is 17.3 Å². The average Bonchev–Trinajstić information content (AvgIpc) is 2.86. The molecule has 0 fully saturated rings. The third-order valence-corrected chi connectivity index (χ3v) is 4.37. The van der Waals surface area contributed by atoms with E-state index in [-0.39, 0.29) is 11.3 Å². The van der Waals surface area contributed by atoms with Gasteiger partial charge in [0.25, 0.3) is 5.56 Å². The molecule has 1 N–H and O–H groups in total. The minimum Gasteiger partial charge on any atom is -0.486 e. The van der Waals surface area contributed by atoms with Crippen LogP contribution >= 0.6 is 11.3 Å². The number of hydrogen-bond acceptors (Lipinski definition) is 6. The third-order valence-electron chi connectivity index (χ3n) is 3.41. The van der Waals surface area contributed by atoms with Crippen molar-refractivity contribution in [1.82, 2.24) is 9.97 Å². The topological polar surface area (TPSA) is 81.3 Å². The van der Waals surface area contributed by atoms with Crippen molar-refractivity contribution in [2.24, 2.45) is 5.41 Å². The highest BCUT2D eigenvalue weighted by Gasteiger charge is 2.18. The number of H-pyrrole nitrogens is 1. The number of ketones is 1. The maximum Gasteiger partial charge on any atom is 0.266 e. The SMILES string of the molecule is CC(C)(C)C(=O)/C=c1\[nH]c(=O)/c(=C/c2cc3c(cn2)OCCO3)s1. The van der Waals surface area contributed by atoms with Crippen LogP contribution in [-0.4, -0.2) is 29.0 Å². The molecule has 0 aromatic carbocycles. The minimum atomic E-state index is -0.484. The first-order valence-corrected chi connectivity index (χ1v) is 8.37. The summed E-state index contributed by atoms with van der Waals surface area (Å²) in [6.07, 6.45) is 4.72. The second-order valence-electron chi connectivity index (χ2n) is 6.44. The number of carbonyl (C=O) groups is 1. The normalized spacial score (nSPS) is 15.6. The number of pyridine rings is 1. The Morgan fingerprint density at radius 3 is 2.71 bits per heavy atom. The molecule has 0 saturated heterocycles. The van der Waals surface area contributed by atoms with Gasteiger partial charge >= 0.3 is 0 Å². The van der Waals surface area contributed by atoms with E-state index in [1.807, 2.05) is 20.8 Å². The van der Waals surface area contributed by atoms with E-state index < -0.39 is 5.41 Å². The van der Waals surface area contributed by atoms with E-state index in [4.69, 9.17) is 9.47 Å². The Kier molecular flexibility index (Phi) is 4.28. The monoisotopic (exact) mass is 346 g/mol. The number of carbonyl (C=O) groups excluding carboxylic acids is 1.